The summed E-state index contributed by atoms with van der Waals surface area (Å²) in [5.41, 5.74) is 5.50. The maximum Gasteiger partial charge on any atom is 0.223 e. The van der Waals surface area contributed by atoms with E-state index in [4.69, 9.17) is 5.73 Å². The first-order valence-electron chi connectivity index (χ1n) is 6.09. The molecule has 3 nitrogen and oxygen atoms in total. The van der Waals surface area contributed by atoms with Crippen LogP contribution in [0, 0.1) is 5.92 Å². The SMILES string of the molecule is CC(CCCN)C(=O)NC1(C)CCCC1. The average molecular weight is 212 g/mol. The quantitative estimate of drug-likeness (QED) is 0.730. The molecule has 88 valence electrons. The molecule has 0 aromatic rings. The highest BCUT2D eigenvalue weighted by Crippen LogP contribution is 2.29. The Labute approximate surface area is 92.8 Å². The zero-order valence-corrected chi connectivity index (χ0v) is 10.0. The molecule has 3 heteroatoms. The first kappa shape index (κ1) is 12.5. The maximum absolute atomic E-state index is 11.9. The Bertz CT molecular complexity index is 210. The van der Waals surface area contributed by atoms with E-state index < -0.39 is 0 Å². The third kappa shape index (κ3) is 3.82. The molecule has 1 atom stereocenters. The van der Waals surface area contributed by atoms with Crippen molar-refractivity contribution in [2.45, 2.75) is 57.9 Å². The van der Waals surface area contributed by atoms with Crippen molar-refractivity contribution in [1.82, 2.24) is 5.32 Å². The minimum Gasteiger partial charge on any atom is -0.351 e. The first-order chi connectivity index (χ1) is 7.07. The molecule has 1 aliphatic carbocycles. The lowest BCUT2D eigenvalue weighted by Gasteiger charge is -2.27. The summed E-state index contributed by atoms with van der Waals surface area (Å²) < 4.78 is 0. The van der Waals surface area contributed by atoms with Crippen molar-refractivity contribution < 1.29 is 4.79 Å². The average Bonchev–Trinajstić information content (AvgIpc) is 2.61. The summed E-state index contributed by atoms with van der Waals surface area (Å²) in [5.74, 6) is 0.304. The van der Waals surface area contributed by atoms with Crippen molar-refractivity contribution in [3.05, 3.63) is 0 Å². The summed E-state index contributed by atoms with van der Waals surface area (Å²) in [6.45, 7) is 4.83. The molecular formula is C12H24N2O. The van der Waals surface area contributed by atoms with Gasteiger partial charge in [0.15, 0.2) is 0 Å². The summed E-state index contributed by atoms with van der Waals surface area (Å²) in [5, 5.41) is 3.18. The minimum atomic E-state index is 0.0635. The summed E-state index contributed by atoms with van der Waals surface area (Å²) in [4.78, 5) is 11.9. The van der Waals surface area contributed by atoms with Gasteiger partial charge in [-0.3, -0.25) is 4.79 Å². The van der Waals surface area contributed by atoms with Crippen molar-refractivity contribution in [2.75, 3.05) is 6.54 Å². The van der Waals surface area contributed by atoms with Gasteiger partial charge in [-0.15, -0.1) is 0 Å². The number of carbonyl (C=O) groups is 1. The standard InChI is InChI=1S/C12H24N2O/c1-10(6-5-9-13)11(15)14-12(2)7-3-4-8-12/h10H,3-9,13H2,1-2H3,(H,14,15). The molecule has 0 aromatic carbocycles. The van der Waals surface area contributed by atoms with Crippen LogP contribution >= 0.6 is 0 Å². The number of nitrogens with one attached hydrogen (secondary N) is 1. The molecule has 1 amide bonds. The maximum atomic E-state index is 11.9. The molecule has 15 heavy (non-hydrogen) atoms. The van der Waals surface area contributed by atoms with Gasteiger partial charge in [0.2, 0.25) is 5.91 Å². The van der Waals surface area contributed by atoms with Gasteiger partial charge in [-0.2, -0.15) is 0 Å². The lowest BCUT2D eigenvalue weighted by molar-refractivity contribution is -0.126. The zero-order valence-electron chi connectivity index (χ0n) is 10.0. The van der Waals surface area contributed by atoms with Crippen LogP contribution in [0.1, 0.15) is 52.4 Å². The van der Waals surface area contributed by atoms with E-state index in [9.17, 15) is 4.79 Å². The second-order valence-electron chi connectivity index (χ2n) is 5.09. The van der Waals surface area contributed by atoms with Crippen LogP contribution in [0.3, 0.4) is 0 Å². The van der Waals surface area contributed by atoms with Crippen LogP contribution in [0.25, 0.3) is 0 Å². The largest absolute Gasteiger partial charge is 0.351 e. The van der Waals surface area contributed by atoms with Gasteiger partial charge < -0.3 is 11.1 Å². The zero-order chi connectivity index (χ0) is 11.3. The molecule has 1 fully saturated rings. The van der Waals surface area contributed by atoms with Crippen LogP contribution in [0.4, 0.5) is 0 Å². The van der Waals surface area contributed by atoms with Gasteiger partial charge in [0.1, 0.15) is 0 Å². The van der Waals surface area contributed by atoms with Gasteiger partial charge in [-0.1, -0.05) is 19.8 Å². The van der Waals surface area contributed by atoms with E-state index in [0.717, 1.165) is 25.7 Å². The van der Waals surface area contributed by atoms with Gasteiger partial charge in [-0.25, -0.2) is 0 Å². The summed E-state index contributed by atoms with van der Waals surface area (Å²) >= 11 is 0. The third-order valence-corrected chi connectivity index (χ3v) is 3.42. The lowest BCUT2D eigenvalue weighted by atomic mass is 9.97. The highest BCUT2D eigenvalue weighted by molar-refractivity contribution is 5.79. The van der Waals surface area contributed by atoms with Crippen molar-refractivity contribution in [3.63, 3.8) is 0 Å². The molecule has 0 spiro atoms. The molecule has 1 rings (SSSR count). The van der Waals surface area contributed by atoms with E-state index in [-0.39, 0.29) is 17.4 Å². The fourth-order valence-corrected chi connectivity index (χ4v) is 2.26. The molecular weight excluding hydrogens is 188 g/mol. The summed E-state index contributed by atoms with van der Waals surface area (Å²) in [6, 6.07) is 0. The van der Waals surface area contributed by atoms with Crippen LogP contribution in [0.15, 0.2) is 0 Å². The summed E-state index contributed by atoms with van der Waals surface area (Å²) in [7, 11) is 0. The molecule has 1 aliphatic rings. The fraction of sp³-hybridized carbons (Fsp3) is 0.917. The number of rotatable bonds is 5. The number of nitrogens with two attached hydrogens (primary N) is 1. The minimum absolute atomic E-state index is 0.0635. The second kappa shape index (κ2) is 5.50. The van der Waals surface area contributed by atoms with Crippen LogP contribution in [0.2, 0.25) is 0 Å². The highest BCUT2D eigenvalue weighted by atomic mass is 16.2. The molecule has 0 heterocycles. The molecule has 0 radical (unpaired) electrons. The van der Waals surface area contributed by atoms with E-state index >= 15 is 0 Å². The van der Waals surface area contributed by atoms with E-state index in [2.05, 4.69) is 12.2 Å². The monoisotopic (exact) mass is 212 g/mol. The molecule has 0 bridgehead atoms. The number of carbonyl (C=O) groups excluding carboxylic acids is 1. The Morgan fingerprint density at radius 3 is 2.60 bits per heavy atom. The normalized spacial score (nSPS) is 21.3. The molecule has 3 N–H and O–H groups in total. The summed E-state index contributed by atoms with van der Waals surface area (Å²) in [6.07, 6.45) is 6.58. The Kier molecular flexibility index (Phi) is 4.58. The van der Waals surface area contributed by atoms with Gasteiger partial charge in [0, 0.05) is 11.5 Å². The van der Waals surface area contributed by atoms with Crippen LogP contribution in [0.5, 0.6) is 0 Å². The number of amides is 1. The Balaban J connectivity index is 2.33. The highest BCUT2D eigenvalue weighted by Gasteiger charge is 2.31. The molecule has 0 aromatic heterocycles. The molecule has 1 saturated carbocycles. The topological polar surface area (TPSA) is 55.1 Å². The van der Waals surface area contributed by atoms with Crippen LogP contribution < -0.4 is 11.1 Å². The van der Waals surface area contributed by atoms with Gasteiger partial charge in [0.25, 0.3) is 0 Å². The van der Waals surface area contributed by atoms with E-state index in [1.807, 2.05) is 6.92 Å². The van der Waals surface area contributed by atoms with Crippen molar-refractivity contribution >= 4 is 5.91 Å². The smallest absolute Gasteiger partial charge is 0.223 e. The third-order valence-electron chi connectivity index (χ3n) is 3.42. The predicted octanol–water partition coefficient (Wildman–Crippen LogP) is 1.81. The Morgan fingerprint density at radius 1 is 1.47 bits per heavy atom. The fourth-order valence-electron chi connectivity index (χ4n) is 2.26. The van der Waals surface area contributed by atoms with Gasteiger partial charge in [0.05, 0.1) is 0 Å². The Morgan fingerprint density at radius 2 is 2.07 bits per heavy atom. The van der Waals surface area contributed by atoms with Gasteiger partial charge in [-0.05, 0) is 39.2 Å². The lowest BCUT2D eigenvalue weighted by Crippen LogP contribution is -2.45. The van der Waals surface area contributed by atoms with E-state index in [1.54, 1.807) is 0 Å². The first-order valence-corrected chi connectivity index (χ1v) is 6.09. The Hall–Kier alpha value is -0.570. The number of hydrogen-bond acceptors (Lipinski definition) is 2. The van der Waals surface area contributed by atoms with E-state index in [1.165, 1.54) is 12.8 Å². The molecule has 0 saturated heterocycles. The number of hydrogen-bond donors (Lipinski definition) is 2. The van der Waals surface area contributed by atoms with Crippen molar-refractivity contribution in [3.8, 4) is 0 Å². The van der Waals surface area contributed by atoms with Gasteiger partial charge >= 0.3 is 0 Å². The van der Waals surface area contributed by atoms with Crippen LogP contribution in [-0.2, 0) is 4.79 Å². The van der Waals surface area contributed by atoms with Crippen molar-refractivity contribution in [1.29, 1.82) is 0 Å². The molecule has 1 unspecified atom stereocenters. The van der Waals surface area contributed by atoms with Crippen LogP contribution in [-0.4, -0.2) is 18.0 Å². The second-order valence-corrected chi connectivity index (χ2v) is 5.09. The van der Waals surface area contributed by atoms with E-state index in [0.29, 0.717) is 6.54 Å². The molecule has 0 aliphatic heterocycles. The predicted molar refractivity (Wildman–Crippen MR) is 62.5 cm³/mol. The van der Waals surface area contributed by atoms with Crippen molar-refractivity contribution in [2.24, 2.45) is 11.7 Å².